The summed E-state index contributed by atoms with van der Waals surface area (Å²) >= 11 is 0. The van der Waals surface area contributed by atoms with Gasteiger partial charge in [0.2, 0.25) is 11.5 Å². The van der Waals surface area contributed by atoms with Gasteiger partial charge in [-0.1, -0.05) is 29.8 Å². The largest absolute Gasteiger partial charge is 0.497 e. The molecule has 182 valence electrons. The number of amides is 1. The SMILES string of the molecule is COc1ccc(NC(=O)Cn2c(=O)n(-c3ccc(C)cc3)c(=O)c3oc4ccccc4c32)c(OC)c1. The van der Waals surface area contributed by atoms with E-state index in [4.69, 9.17) is 13.9 Å². The number of aryl methyl sites for hydroxylation is 1. The lowest BCUT2D eigenvalue weighted by Gasteiger charge is -2.14. The molecule has 5 rings (SSSR count). The predicted molar refractivity (Wildman–Crippen MR) is 136 cm³/mol. The van der Waals surface area contributed by atoms with E-state index in [-0.39, 0.29) is 17.6 Å². The third-order valence-corrected chi connectivity index (χ3v) is 5.94. The van der Waals surface area contributed by atoms with Crippen molar-refractivity contribution >= 4 is 33.7 Å². The van der Waals surface area contributed by atoms with E-state index in [0.717, 1.165) is 10.1 Å². The molecule has 0 unspecified atom stereocenters. The molecule has 0 radical (unpaired) electrons. The average molecular weight is 485 g/mol. The van der Waals surface area contributed by atoms with Gasteiger partial charge in [-0.3, -0.25) is 14.2 Å². The Morgan fingerprint density at radius 2 is 1.72 bits per heavy atom. The Hall–Kier alpha value is -4.79. The molecule has 2 heterocycles. The number of nitrogens with one attached hydrogen (secondary N) is 1. The monoisotopic (exact) mass is 485 g/mol. The zero-order valence-electron chi connectivity index (χ0n) is 19.9. The second-order valence-corrected chi connectivity index (χ2v) is 8.24. The molecule has 0 spiro atoms. The number of para-hydroxylation sites is 1. The second-order valence-electron chi connectivity index (χ2n) is 8.24. The molecule has 9 heteroatoms. The fraction of sp³-hybridized carbons (Fsp3) is 0.148. The number of benzene rings is 3. The van der Waals surface area contributed by atoms with Crippen LogP contribution >= 0.6 is 0 Å². The number of methoxy groups -OCH3 is 2. The van der Waals surface area contributed by atoms with Gasteiger partial charge >= 0.3 is 11.2 Å². The molecule has 0 bridgehead atoms. The van der Waals surface area contributed by atoms with Crippen molar-refractivity contribution in [2.45, 2.75) is 13.5 Å². The number of hydrogen-bond acceptors (Lipinski definition) is 6. The minimum atomic E-state index is -0.653. The second kappa shape index (κ2) is 9.10. The van der Waals surface area contributed by atoms with E-state index in [0.29, 0.717) is 33.8 Å². The van der Waals surface area contributed by atoms with Crippen LogP contribution in [0, 0.1) is 6.92 Å². The maximum Gasteiger partial charge on any atom is 0.336 e. The van der Waals surface area contributed by atoms with Crippen molar-refractivity contribution in [3.63, 3.8) is 0 Å². The van der Waals surface area contributed by atoms with Gasteiger partial charge in [-0.25, -0.2) is 9.36 Å². The highest BCUT2D eigenvalue weighted by molar-refractivity contribution is 6.03. The van der Waals surface area contributed by atoms with Gasteiger partial charge < -0.3 is 19.2 Å². The standard InChI is InChI=1S/C27H23N3O6/c1-16-8-10-17(11-9-16)30-26(32)25-24(19-6-4-5-7-21(19)36-25)29(27(30)33)15-23(31)28-20-13-12-18(34-2)14-22(20)35-3/h4-14H,15H2,1-3H3,(H,28,31). The number of furan rings is 1. The number of fused-ring (bicyclic) bond motifs is 3. The number of carbonyl (C=O) groups is 1. The normalized spacial score (nSPS) is 11.1. The van der Waals surface area contributed by atoms with E-state index >= 15 is 0 Å². The number of anilines is 1. The van der Waals surface area contributed by atoms with Crippen molar-refractivity contribution in [3.05, 3.63) is 93.1 Å². The third-order valence-electron chi connectivity index (χ3n) is 5.94. The summed E-state index contributed by atoms with van der Waals surface area (Å²) in [6.07, 6.45) is 0. The van der Waals surface area contributed by atoms with Crippen LogP contribution in [0.3, 0.4) is 0 Å². The Morgan fingerprint density at radius 3 is 2.44 bits per heavy atom. The lowest BCUT2D eigenvalue weighted by atomic mass is 10.2. The van der Waals surface area contributed by atoms with Gasteiger partial charge in [-0.05, 0) is 43.3 Å². The number of carbonyl (C=O) groups excluding carboxylic acids is 1. The molecular weight excluding hydrogens is 462 g/mol. The van der Waals surface area contributed by atoms with Crippen molar-refractivity contribution in [1.29, 1.82) is 0 Å². The molecule has 0 aliphatic carbocycles. The summed E-state index contributed by atoms with van der Waals surface area (Å²) in [6, 6.07) is 18.9. The van der Waals surface area contributed by atoms with Gasteiger partial charge in [0.25, 0.3) is 0 Å². The minimum absolute atomic E-state index is 0.00815. The van der Waals surface area contributed by atoms with Crippen LogP contribution < -0.4 is 26.0 Å². The number of nitrogens with zero attached hydrogens (tertiary/aromatic N) is 2. The van der Waals surface area contributed by atoms with Crippen LogP contribution in [-0.4, -0.2) is 29.3 Å². The number of ether oxygens (including phenoxy) is 2. The maximum atomic E-state index is 13.7. The molecule has 1 N–H and O–H groups in total. The topological polar surface area (TPSA) is 105 Å². The van der Waals surface area contributed by atoms with Crippen LogP contribution in [-0.2, 0) is 11.3 Å². The quantitative estimate of drug-likeness (QED) is 0.392. The Labute approximate surface area is 205 Å². The van der Waals surface area contributed by atoms with Gasteiger partial charge in [-0.2, -0.15) is 0 Å². The summed E-state index contributed by atoms with van der Waals surface area (Å²) in [5.41, 5.74) is 1.22. The summed E-state index contributed by atoms with van der Waals surface area (Å²) in [5.74, 6) is 0.484. The Morgan fingerprint density at radius 1 is 0.972 bits per heavy atom. The lowest BCUT2D eigenvalue weighted by molar-refractivity contribution is -0.116. The third kappa shape index (κ3) is 3.90. The summed E-state index contributed by atoms with van der Waals surface area (Å²) < 4.78 is 18.7. The van der Waals surface area contributed by atoms with Crippen LogP contribution in [0.1, 0.15) is 5.56 Å². The van der Waals surface area contributed by atoms with Crippen molar-refractivity contribution < 1.29 is 18.7 Å². The maximum absolute atomic E-state index is 13.7. The van der Waals surface area contributed by atoms with E-state index in [9.17, 15) is 14.4 Å². The number of hydrogen-bond donors (Lipinski definition) is 1. The highest BCUT2D eigenvalue weighted by Gasteiger charge is 2.22. The zero-order chi connectivity index (χ0) is 25.4. The lowest BCUT2D eigenvalue weighted by Crippen LogP contribution is -2.40. The van der Waals surface area contributed by atoms with Gasteiger partial charge in [0.15, 0.2) is 0 Å². The number of rotatable bonds is 6. The summed E-state index contributed by atoms with van der Waals surface area (Å²) in [5, 5.41) is 3.34. The van der Waals surface area contributed by atoms with E-state index in [2.05, 4.69) is 5.32 Å². The van der Waals surface area contributed by atoms with Crippen molar-refractivity contribution in [3.8, 4) is 17.2 Å². The molecule has 1 amide bonds. The van der Waals surface area contributed by atoms with E-state index < -0.39 is 17.2 Å². The summed E-state index contributed by atoms with van der Waals surface area (Å²) in [7, 11) is 3.01. The highest BCUT2D eigenvalue weighted by atomic mass is 16.5. The van der Waals surface area contributed by atoms with E-state index in [1.54, 1.807) is 66.7 Å². The first kappa shape index (κ1) is 23.0. The molecule has 0 saturated carbocycles. The number of aromatic nitrogens is 2. The average Bonchev–Trinajstić information content (AvgIpc) is 3.28. The van der Waals surface area contributed by atoms with Crippen molar-refractivity contribution in [2.24, 2.45) is 0 Å². The van der Waals surface area contributed by atoms with Crippen molar-refractivity contribution in [1.82, 2.24) is 9.13 Å². The molecule has 5 aromatic rings. The van der Waals surface area contributed by atoms with E-state index in [1.807, 2.05) is 6.92 Å². The molecule has 9 nitrogen and oxygen atoms in total. The highest BCUT2D eigenvalue weighted by Crippen LogP contribution is 2.29. The first-order valence-electron chi connectivity index (χ1n) is 11.2. The van der Waals surface area contributed by atoms with E-state index in [1.165, 1.54) is 18.8 Å². The molecule has 0 atom stereocenters. The van der Waals surface area contributed by atoms with Gasteiger partial charge in [0.05, 0.1) is 25.6 Å². The van der Waals surface area contributed by atoms with Gasteiger partial charge in [0, 0.05) is 11.5 Å². The summed E-state index contributed by atoms with van der Waals surface area (Å²) in [4.78, 5) is 40.3. The fourth-order valence-corrected chi connectivity index (χ4v) is 4.15. The smallest absolute Gasteiger partial charge is 0.336 e. The van der Waals surface area contributed by atoms with Crippen LogP contribution in [0.5, 0.6) is 11.5 Å². The first-order valence-corrected chi connectivity index (χ1v) is 11.2. The molecule has 0 fully saturated rings. The van der Waals surface area contributed by atoms with Crippen LogP contribution in [0.15, 0.2) is 80.7 Å². The minimum Gasteiger partial charge on any atom is -0.497 e. The molecule has 0 aliphatic rings. The predicted octanol–water partition coefficient (Wildman–Crippen LogP) is 3.86. The molecule has 36 heavy (non-hydrogen) atoms. The van der Waals surface area contributed by atoms with Crippen LogP contribution in [0.4, 0.5) is 5.69 Å². The molecule has 3 aromatic carbocycles. The molecule has 0 saturated heterocycles. The molecule has 2 aromatic heterocycles. The fourth-order valence-electron chi connectivity index (χ4n) is 4.15. The van der Waals surface area contributed by atoms with Gasteiger partial charge in [-0.15, -0.1) is 0 Å². The molecular formula is C27H23N3O6. The summed E-state index contributed by atoms with van der Waals surface area (Å²) in [6.45, 7) is 1.55. The Kier molecular flexibility index (Phi) is 5.81. The first-order chi connectivity index (χ1) is 17.4. The van der Waals surface area contributed by atoms with Crippen LogP contribution in [0.2, 0.25) is 0 Å². The van der Waals surface area contributed by atoms with Gasteiger partial charge in [0.1, 0.15) is 29.1 Å². The Bertz CT molecular complexity index is 1730. The zero-order valence-corrected chi connectivity index (χ0v) is 19.9. The molecule has 0 aliphatic heterocycles. The van der Waals surface area contributed by atoms with Crippen LogP contribution in [0.25, 0.3) is 27.8 Å². The Balaban J connectivity index is 1.66. The van der Waals surface area contributed by atoms with Crippen molar-refractivity contribution in [2.75, 3.05) is 19.5 Å².